The van der Waals surface area contributed by atoms with E-state index in [2.05, 4.69) is 10.3 Å². The highest BCUT2D eigenvalue weighted by Gasteiger charge is 2.24. The summed E-state index contributed by atoms with van der Waals surface area (Å²) in [5.41, 5.74) is 4.10. The van der Waals surface area contributed by atoms with Gasteiger partial charge in [-0.15, -0.1) is 5.10 Å². The lowest BCUT2D eigenvalue weighted by Crippen LogP contribution is -2.41. The van der Waals surface area contributed by atoms with Crippen molar-refractivity contribution in [1.29, 1.82) is 0 Å². The number of nitrogens with one attached hydrogen (secondary N) is 1. The van der Waals surface area contributed by atoms with E-state index in [1.165, 1.54) is 0 Å². The topological polar surface area (TPSA) is 79.7 Å². The molecule has 2 aliphatic rings. The van der Waals surface area contributed by atoms with Crippen molar-refractivity contribution >= 4 is 0 Å². The Kier molecular flexibility index (Phi) is 5.56. The third-order valence-corrected chi connectivity index (χ3v) is 4.90. The van der Waals surface area contributed by atoms with Crippen LogP contribution in [0.1, 0.15) is 16.8 Å². The number of pyridine rings is 1. The summed E-state index contributed by atoms with van der Waals surface area (Å²) in [5.74, 6) is 1.29. The molecule has 2 aromatic heterocycles. The minimum absolute atomic E-state index is 0.0477. The first-order valence-electron chi connectivity index (χ1n) is 9.41. The largest absolute Gasteiger partial charge is 0.481 e. The Morgan fingerprint density at radius 3 is 2.93 bits per heavy atom. The molecule has 27 heavy (non-hydrogen) atoms. The Labute approximate surface area is 158 Å². The molecule has 0 saturated carbocycles. The number of rotatable bonds is 5. The Balaban J connectivity index is 1.63. The molecule has 1 unspecified atom stereocenters. The van der Waals surface area contributed by atoms with Crippen LogP contribution in [0.2, 0.25) is 0 Å². The van der Waals surface area contributed by atoms with Crippen molar-refractivity contribution in [3.05, 3.63) is 29.1 Å². The molecule has 2 aliphatic heterocycles. The van der Waals surface area contributed by atoms with Gasteiger partial charge in [0, 0.05) is 37.1 Å². The van der Waals surface area contributed by atoms with Crippen LogP contribution in [0.15, 0.2) is 12.3 Å². The summed E-state index contributed by atoms with van der Waals surface area (Å²) in [6.07, 6.45) is 3.41. The maximum atomic E-state index is 6.08. The van der Waals surface area contributed by atoms with Crippen LogP contribution in [0.3, 0.4) is 0 Å². The van der Waals surface area contributed by atoms with Crippen LogP contribution in [0.4, 0.5) is 0 Å². The standard InChI is InChI=1S/C19H26N4O4/c1-13-9-14(10-21-18(13)24-2)23-17-4-7-25-6-3-16(17)19(22-23)27-12-15-11-20-5-8-26-15/h9-10,15,20H,3-8,11-12H2,1-2H3. The molecule has 0 amide bonds. The van der Waals surface area contributed by atoms with E-state index in [1.54, 1.807) is 13.3 Å². The predicted octanol–water partition coefficient (Wildman–Crippen LogP) is 1.07. The molecule has 4 rings (SSSR count). The summed E-state index contributed by atoms with van der Waals surface area (Å²) in [5, 5.41) is 8.09. The molecule has 1 atom stereocenters. The third kappa shape index (κ3) is 3.92. The molecule has 0 bridgehead atoms. The van der Waals surface area contributed by atoms with Gasteiger partial charge in [-0.3, -0.25) is 0 Å². The van der Waals surface area contributed by atoms with Crippen LogP contribution >= 0.6 is 0 Å². The molecule has 8 nitrogen and oxygen atoms in total. The second-order valence-corrected chi connectivity index (χ2v) is 6.78. The smallest absolute Gasteiger partial charge is 0.236 e. The van der Waals surface area contributed by atoms with Crippen molar-refractivity contribution in [2.45, 2.75) is 25.9 Å². The lowest BCUT2D eigenvalue weighted by molar-refractivity contribution is -0.00105. The molecule has 8 heteroatoms. The number of aryl methyl sites for hydroxylation is 1. The Morgan fingerprint density at radius 1 is 1.26 bits per heavy atom. The van der Waals surface area contributed by atoms with E-state index >= 15 is 0 Å². The number of nitrogens with zero attached hydrogens (tertiary/aromatic N) is 3. The van der Waals surface area contributed by atoms with E-state index in [1.807, 2.05) is 17.7 Å². The molecule has 2 aromatic rings. The van der Waals surface area contributed by atoms with Crippen molar-refractivity contribution in [2.24, 2.45) is 0 Å². The van der Waals surface area contributed by atoms with E-state index in [0.717, 1.165) is 48.4 Å². The molecule has 1 N–H and O–H groups in total. The number of fused-ring (bicyclic) bond motifs is 1. The van der Waals surface area contributed by atoms with Crippen molar-refractivity contribution < 1.29 is 18.9 Å². The van der Waals surface area contributed by atoms with Gasteiger partial charge in [-0.05, 0) is 13.0 Å². The summed E-state index contributed by atoms with van der Waals surface area (Å²) >= 11 is 0. The molecule has 0 spiro atoms. The van der Waals surface area contributed by atoms with Gasteiger partial charge in [0.15, 0.2) is 0 Å². The Hall–Kier alpha value is -2.16. The minimum atomic E-state index is 0.0477. The fourth-order valence-corrected chi connectivity index (χ4v) is 3.52. The fourth-order valence-electron chi connectivity index (χ4n) is 3.52. The van der Waals surface area contributed by atoms with Crippen molar-refractivity contribution in [3.8, 4) is 17.4 Å². The van der Waals surface area contributed by atoms with Gasteiger partial charge < -0.3 is 24.3 Å². The first kappa shape index (κ1) is 18.2. The van der Waals surface area contributed by atoms with Gasteiger partial charge in [0.2, 0.25) is 11.8 Å². The minimum Gasteiger partial charge on any atom is -0.481 e. The molecule has 0 radical (unpaired) electrons. The molecule has 4 heterocycles. The molecule has 1 saturated heterocycles. The first-order valence-corrected chi connectivity index (χ1v) is 9.41. The second kappa shape index (κ2) is 8.24. The number of aromatic nitrogens is 3. The highest BCUT2D eigenvalue weighted by molar-refractivity contribution is 5.43. The van der Waals surface area contributed by atoms with Gasteiger partial charge in [0.25, 0.3) is 0 Å². The van der Waals surface area contributed by atoms with Crippen LogP contribution in [0.25, 0.3) is 5.69 Å². The number of hydrogen-bond acceptors (Lipinski definition) is 7. The normalized spacial score (nSPS) is 20.0. The number of hydrogen-bond donors (Lipinski definition) is 1. The Morgan fingerprint density at radius 2 is 2.15 bits per heavy atom. The summed E-state index contributed by atoms with van der Waals surface area (Å²) in [7, 11) is 1.63. The van der Waals surface area contributed by atoms with Crippen molar-refractivity contribution in [2.75, 3.05) is 46.6 Å². The zero-order valence-electron chi connectivity index (χ0n) is 15.9. The molecular weight excluding hydrogens is 348 g/mol. The average molecular weight is 374 g/mol. The lowest BCUT2D eigenvalue weighted by Gasteiger charge is -2.23. The van der Waals surface area contributed by atoms with E-state index in [9.17, 15) is 0 Å². The zero-order valence-corrected chi connectivity index (χ0v) is 15.9. The first-order chi connectivity index (χ1) is 13.3. The Bertz CT molecular complexity index is 786. The van der Waals surface area contributed by atoms with Crippen LogP contribution in [0.5, 0.6) is 11.8 Å². The number of morpholine rings is 1. The van der Waals surface area contributed by atoms with Gasteiger partial charge >= 0.3 is 0 Å². The van der Waals surface area contributed by atoms with Crippen LogP contribution in [-0.4, -0.2) is 67.5 Å². The number of methoxy groups -OCH3 is 1. The van der Waals surface area contributed by atoms with Crippen LogP contribution < -0.4 is 14.8 Å². The summed E-state index contributed by atoms with van der Waals surface area (Å²) < 4.78 is 24.7. The molecular formula is C19H26N4O4. The van der Waals surface area contributed by atoms with E-state index in [0.29, 0.717) is 38.2 Å². The van der Waals surface area contributed by atoms with Crippen molar-refractivity contribution in [3.63, 3.8) is 0 Å². The van der Waals surface area contributed by atoms with E-state index < -0.39 is 0 Å². The quantitative estimate of drug-likeness (QED) is 0.838. The second-order valence-electron chi connectivity index (χ2n) is 6.78. The van der Waals surface area contributed by atoms with Crippen molar-refractivity contribution in [1.82, 2.24) is 20.1 Å². The van der Waals surface area contributed by atoms with Gasteiger partial charge in [-0.2, -0.15) is 0 Å². The maximum Gasteiger partial charge on any atom is 0.236 e. The molecule has 0 aliphatic carbocycles. The van der Waals surface area contributed by atoms with E-state index in [4.69, 9.17) is 24.0 Å². The van der Waals surface area contributed by atoms with E-state index in [-0.39, 0.29) is 6.10 Å². The van der Waals surface area contributed by atoms with Gasteiger partial charge in [-0.25, -0.2) is 9.67 Å². The maximum absolute atomic E-state index is 6.08. The predicted molar refractivity (Wildman–Crippen MR) is 99.0 cm³/mol. The lowest BCUT2D eigenvalue weighted by atomic mass is 10.1. The van der Waals surface area contributed by atoms with Gasteiger partial charge in [0.1, 0.15) is 12.7 Å². The SMILES string of the molecule is COc1ncc(-n2nc(OCC3CNCCO3)c3c2CCOCC3)cc1C. The fraction of sp³-hybridized carbons (Fsp3) is 0.579. The summed E-state index contributed by atoms with van der Waals surface area (Å²) in [4.78, 5) is 4.39. The van der Waals surface area contributed by atoms with Gasteiger partial charge in [-0.1, -0.05) is 0 Å². The summed E-state index contributed by atoms with van der Waals surface area (Å²) in [6, 6.07) is 2.03. The monoisotopic (exact) mass is 374 g/mol. The van der Waals surface area contributed by atoms with Crippen LogP contribution in [-0.2, 0) is 22.3 Å². The molecule has 0 aromatic carbocycles. The average Bonchev–Trinajstić information content (AvgIpc) is 2.87. The number of ether oxygens (including phenoxy) is 4. The summed E-state index contributed by atoms with van der Waals surface area (Å²) in [6.45, 7) is 6.22. The van der Waals surface area contributed by atoms with Crippen LogP contribution in [0, 0.1) is 6.92 Å². The third-order valence-electron chi connectivity index (χ3n) is 4.90. The molecule has 1 fully saturated rings. The van der Waals surface area contributed by atoms with Gasteiger partial charge in [0.05, 0.1) is 44.5 Å². The molecule has 146 valence electrons. The highest BCUT2D eigenvalue weighted by atomic mass is 16.5. The highest BCUT2D eigenvalue weighted by Crippen LogP contribution is 2.29. The zero-order chi connectivity index (χ0) is 18.6.